The Morgan fingerprint density at radius 1 is 1.14 bits per heavy atom. The first-order chi connectivity index (χ1) is 17.1. The van der Waals surface area contributed by atoms with E-state index in [4.69, 9.17) is 9.72 Å². The minimum atomic E-state index is -0.391. The fourth-order valence-electron chi connectivity index (χ4n) is 3.56. The lowest BCUT2D eigenvalue weighted by atomic mass is 9.95. The molecule has 36 heavy (non-hydrogen) atoms. The van der Waals surface area contributed by atoms with Crippen LogP contribution in [0.1, 0.15) is 43.3 Å². The average molecular weight is 767 g/mol. The number of nitrogens with zero attached hydrogens (tertiary/aromatic N) is 4. The molecular formula is C27H21BrI2N4O2. The van der Waals surface area contributed by atoms with Crippen LogP contribution in [0, 0.1) is 18.5 Å². The summed E-state index contributed by atoms with van der Waals surface area (Å²) in [5.41, 5.74) is 2.29. The van der Waals surface area contributed by atoms with Gasteiger partial charge < -0.3 is 4.74 Å². The van der Waals surface area contributed by atoms with Crippen molar-refractivity contribution in [3.63, 3.8) is 0 Å². The van der Waals surface area contributed by atoms with Crippen molar-refractivity contribution >= 4 is 78.2 Å². The van der Waals surface area contributed by atoms with Gasteiger partial charge in [0, 0.05) is 15.5 Å². The summed E-state index contributed by atoms with van der Waals surface area (Å²) in [6.07, 6.45) is 1.67. The molecule has 0 spiro atoms. The molecule has 4 rings (SSSR count). The van der Waals surface area contributed by atoms with Crippen molar-refractivity contribution in [3.8, 4) is 11.8 Å². The fraction of sp³-hybridized carbons (Fsp3) is 0.185. The van der Waals surface area contributed by atoms with E-state index in [2.05, 4.69) is 72.3 Å². The lowest BCUT2D eigenvalue weighted by Crippen LogP contribution is -2.29. The van der Waals surface area contributed by atoms with Gasteiger partial charge in [-0.3, -0.25) is 4.79 Å². The van der Waals surface area contributed by atoms with Crippen molar-refractivity contribution in [1.29, 1.82) is 5.26 Å². The van der Waals surface area contributed by atoms with E-state index in [1.54, 1.807) is 18.3 Å². The fourth-order valence-corrected chi connectivity index (χ4v) is 6.05. The van der Waals surface area contributed by atoms with E-state index in [0.29, 0.717) is 28.9 Å². The molecule has 182 valence electrons. The van der Waals surface area contributed by atoms with Gasteiger partial charge in [-0.25, -0.2) is 4.98 Å². The Bertz CT molecular complexity index is 1580. The van der Waals surface area contributed by atoms with E-state index in [1.807, 2.05) is 63.2 Å². The van der Waals surface area contributed by atoms with Crippen LogP contribution < -0.4 is 10.3 Å². The lowest BCUT2D eigenvalue weighted by molar-refractivity contribution is 0.301. The van der Waals surface area contributed by atoms with Gasteiger partial charge in [-0.2, -0.15) is 15.0 Å². The van der Waals surface area contributed by atoms with Crippen molar-refractivity contribution in [1.82, 2.24) is 9.66 Å². The second-order valence-corrected chi connectivity index (χ2v) is 12.3. The van der Waals surface area contributed by atoms with Crippen molar-refractivity contribution in [2.75, 3.05) is 0 Å². The summed E-state index contributed by atoms with van der Waals surface area (Å²) in [5, 5.41) is 14.4. The molecule has 0 N–H and O–H groups in total. The van der Waals surface area contributed by atoms with E-state index >= 15 is 0 Å². The maximum Gasteiger partial charge on any atom is 0.282 e. The van der Waals surface area contributed by atoms with Crippen LogP contribution in [0.25, 0.3) is 10.9 Å². The smallest absolute Gasteiger partial charge is 0.282 e. The van der Waals surface area contributed by atoms with Gasteiger partial charge in [0.1, 0.15) is 18.2 Å². The number of hydrogen-bond donors (Lipinski definition) is 0. The number of ether oxygens (including phenoxy) is 1. The van der Waals surface area contributed by atoms with Gasteiger partial charge in [0.25, 0.3) is 5.56 Å². The summed E-state index contributed by atoms with van der Waals surface area (Å²) < 4.78 is 10.1. The number of aromatic nitrogens is 2. The first-order valence-electron chi connectivity index (χ1n) is 11.0. The third-order valence-corrected chi connectivity index (χ3v) is 7.43. The zero-order chi connectivity index (χ0) is 26.0. The first-order valence-corrected chi connectivity index (χ1v) is 13.9. The Balaban J connectivity index is 1.69. The average Bonchev–Trinajstić information content (AvgIpc) is 2.82. The predicted octanol–water partition coefficient (Wildman–Crippen LogP) is 7.00. The molecule has 0 saturated heterocycles. The highest BCUT2D eigenvalue weighted by molar-refractivity contribution is 14.1. The number of hydrogen-bond acceptors (Lipinski definition) is 5. The molecule has 0 bridgehead atoms. The molecule has 0 saturated carbocycles. The quantitative estimate of drug-likeness (QED) is 0.162. The van der Waals surface area contributed by atoms with Crippen LogP contribution >= 0.6 is 61.1 Å². The third-order valence-electron chi connectivity index (χ3n) is 5.33. The Morgan fingerprint density at radius 2 is 1.83 bits per heavy atom. The number of rotatable bonds is 5. The van der Waals surface area contributed by atoms with Crippen LogP contribution in [-0.2, 0) is 12.0 Å². The Kier molecular flexibility index (Phi) is 8.16. The molecule has 0 radical (unpaired) electrons. The summed E-state index contributed by atoms with van der Waals surface area (Å²) in [7, 11) is 0. The van der Waals surface area contributed by atoms with Crippen molar-refractivity contribution in [3.05, 3.63) is 99.1 Å². The van der Waals surface area contributed by atoms with E-state index < -0.39 is 5.41 Å². The molecule has 0 amide bonds. The van der Waals surface area contributed by atoms with Crippen LogP contribution in [0.5, 0.6) is 5.75 Å². The van der Waals surface area contributed by atoms with E-state index in [1.165, 1.54) is 4.68 Å². The van der Waals surface area contributed by atoms with Crippen LogP contribution in [0.3, 0.4) is 0 Å². The number of nitriles is 1. The normalized spacial score (nSPS) is 11.7. The topological polar surface area (TPSA) is 80.3 Å². The van der Waals surface area contributed by atoms with Gasteiger partial charge in [0.2, 0.25) is 0 Å². The number of benzene rings is 3. The van der Waals surface area contributed by atoms with Crippen LogP contribution in [-0.4, -0.2) is 15.9 Å². The van der Waals surface area contributed by atoms with E-state index in [9.17, 15) is 10.1 Å². The van der Waals surface area contributed by atoms with Crippen LogP contribution in [0.15, 0.2) is 69.0 Å². The summed E-state index contributed by atoms with van der Waals surface area (Å²) in [6.45, 7) is 6.32. The predicted molar refractivity (Wildman–Crippen MR) is 163 cm³/mol. The maximum absolute atomic E-state index is 13.4. The van der Waals surface area contributed by atoms with Gasteiger partial charge in [0.15, 0.2) is 0 Å². The SMILES string of the molecule is CC(C)(C)c1nc2ccc(Br)cc2c(=O)n1N=Cc1cc(I)c(OCc2ccccc2C#N)c(I)c1. The molecule has 0 fully saturated rings. The molecule has 0 aliphatic rings. The molecule has 1 aromatic heterocycles. The Labute approximate surface area is 244 Å². The van der Waals surface area contributed by atoms with E-state index in [-0.39, 0.29) is 5.56 Å². The molecule has 1 heterocycles. The Morgan fingerprint density at radius 3 is 2.50 bits per heavy atom. The minimum Gasteiger partial charge on any atom is -0.487 e. The molecule has 3 aromatic carbocycles. The molecule has 0 atom stereocenters. The first kappa shape index (κ1) is 26.8. The number of fused-ring (bicyclic) bond motifs is 1. The van der Waals surface area contributed by atoms with Crippen molar-refractivity contribution < 1.29 is 4.74 Å². The third kappa shape index (κ3) is 5.81. The lowest BCUT2D eigenvalue weighted by Gasteiger charge is -2.21. The minimum absolute atomic E-state index is 0.219. The van der Waals surface area contributed by atoms with Gasteiger partial charge in [0.05, 0.1) is 35.9 Å². The van der Waals surface area contributed by atoms with E-state index in [0.717, 1.165) is 28.5 Å². The highest BCUT2D eigenvalue weighted by Crippen LogP contribution is 2.30. The Hall–Kier alpha value is -2.30. The molecule has 0 aliphatic heterocycles. The summed E-state index contributed by atoms with van der Waals surface area (Å²) in [4.78, 5) is 18.1. The monoisotopic (exact) mass is 766 g/mol. The van der Waals surface area contributed by atoms with Gasteiger partial charge >= 0.3 is 0 Å². The zero-order valence-corrected chi connectivity index (χ0v) is 25.6. The molecule has 6 nitrogen and oxygen atoms in total. The maximum atomic E-state index is 13.4. The zero-order valence-electron chi connectivity index (χ0n) is 19.7. The largest absolute Gasteiger partial charge is 0.487 e. The van der Waals surface area contributed by atoms with Gasteiger partial charge in [-0.1, -0.05) is 54.9 Å². The molecule has 0 aliphatic carbocycles. The van der Waals surface area contributed by atoms with Crippen LogP contribution in [0.2, 0.25) is 0 Å². The molecule has 4 aromatic rings. The standard InChI is InChI=1S/C27H21BrI2N4O2/c1-27(2,3)26-33-23-9-8-19(28)12-20(23)25(35)34(26)32-14-16-10-21(29)24(22(30)11-16)36-15-18-7-5-4-6-17(18)13-31/h4-12,14H,15H2,1-3H3. The summed E-state index contributed by atoms with van der Waals surface area (Å²) >= 11 is 7.89. The van der Waals surface area contributed by atoms with Gasteiger partial charge in [-0.15, -0.1) is 0 Å². The van der Waals surface area contributed by atoms with Crippen molar-refractivity contribution in [2.45, 2.75) is 32.8 Å². The highest BCUT2D eigenvalue weighted by atomic mass is 127. The van der Waals surface area contributed by atoms with Gasteiger partial charge in [-0.05, 0) is 87.1 Å². The second kappa shape index (κ2) is 11.0. The van der Waals surface area contributed by atoms with Crippen LogP contribution in [0.4, 0.5) is 0 Å². The van der Waals surface area contributed by atoms with Crippen molar-refractivity contribution in [2.24, 2.45) is 5.10 Å². The highest BCUT2D eigenvalue weighted by Gasteiger charge is 2.23. The second-order valence-electron chi connectivity index (χ2n) is 9.08. The molecular weight excluding hydrogens is 746 g/mol. The molecule has 9 heteroatoms. The number of halogens is 3. The molecule has 0 unspecified atom stereocenters. The summed E-state index contributed by atoms with van der Waals surface area (Å²) in [5.74, 6) is 1.32. The summed E-state index contributed by atoms with van der Waals surface area (Å²) in [6, 6.07) is 19.0.